The Bertz CT molecular complexity index is 257. The second-order valence-electron chi connectivity index (χ2n) is 4.67. The highest BCUT2D eigenvalue weighted by atomic mass is 16.4. The molecule has 0 aromatic carbocycles. The number of carbonyl (C=O) groups excluding carboxylic acids is 1. The van der Waals surface area contributed by atoms with Gasteiger partial charge in [0.05, 0.1) is 6.42 Å². The van der Waals surface area contributed by atoms with E-state index >= 15 is 0 Å². The van der Waals surface area contributed by atoms with E-state index in [9.17, 15) is 9.59 Å². The van der Waals surface area contributed by atoms with Crippen LogP contribution in [0.4, 0.5) is 4.79 Å². The van der Waals surface area contributed by atoms with Gasteiger partial charge < -0.3 is 15.3 Å². The fraction of sp³-hybridized carbons (Fsp3) is 0.846. The maximum atomic E-state index is 11.7. The second-order valence-corrected chi connectivity index (χ2v) is 4.67. The zero-order valence-electron chi connectivity index (χ0n) is 11.7. The van der Waals surface area contributed by atoms with Gasteiger partial charge in [0.1, 0.15) is 0 Å². The van der Waals surface area contributed by atoms with Crippen LogP contribution in [0.25, 0.3) is 0 Å². The van der Waals surface area contributed by atoms with Crippen LogP contribution in [-0.4, -0.2) is 42.1 Å². The third kappa shape index (κ3) is 7.92. The van der Waals surface area contributed by atoms with Gasteiger partial charge in [-0.3, -0.25) is 4.79 Å². The molecule has 0 fully saturated rings. The molecule has 2 amide bonds. The van der Waals surface area contributed by atoms with Crippen molar-refractivity contribution in [3.8, 4) is 0 Å². The van der Waals surface area contributed by atoms with Crippen molar-refractivity contribution in [2.75, 3.05) is 20.1 Å². The van der Waals surface area contributed by atoms with Gasteiger partial charge in [0.2, 0.25) is 0 Å². The molecule has 18 heavy (non-hydrogen) atoms. The Kier molecular flexibility index (Phi) is 9.06. The number of nitrogens with zero attached hydrogens (tertiary/aromatic N) is 1. The molecule has 5 nitrogen and oxygen atoms in total. The van der Waals surface area contributed by atoms with E-state index in [2.05, 4.69) is 19.2 Å². The number of hydrogen-bond donors (Lipinski definition) is 2. The minimum Gasteiger partial charge on any atom is -0.481 e. The van der Waals surface area contributed by atoms with Crippen molar-refractivity contribution in [1.82, 2.24) is 10.2 Å². The molecule has 0 aromatic heterocycles. The summed E-state index contributed by atoms with van der Waals surface area (Å²) in [5.41, 5.74) is 0. The van der Waals surface area contributed by atoms with Gasteiger partial charge in [-0.05, 0) is 12.3 Å². The second kappa shape index (κ2) is 9.74. The lowest BCUT2D eigenvalue weighted by molar-refractivity contribution is -0.137. The van der Waals surface area contributed by atoms with Gasteiger partial charge in [-0.25, -0.2) is 4.79 Å². The fourth-order valence-corrected chi connectivity index (χ4v) is 1.67. The number of nitrogens with one attached hydrogen (secondary N) is 1. The molecule has 0 aliphatic rings. The third-order valence-corrected chi connectivity index (χ3v) is 3.09. The summed E-state index contributed by atoms with van der Waals surface area (Å²) in [7, 11) is 1.62. The lowest BCUT2D eigenvalue weighted by Crippen LogP contribution is -2.40. The minimum absolute atomic E-state index is 0.0169. The van der Waals surface area contributed by atoms with Crippen LogP contribution in [0.1, 0.15) is 46.0 Å². The van der Waals surface area contributed by atoms with E-state index in [1.54, 1.807) is 7.05 Å². The van der Waals surface area contributed by atoms with Crippen LogP contribution in [0.5, 0.6) is 0 Å². The van der Waals surface area contributed by atoms with E-state index in [0.29, 0.717) is 12.5 Å². The molecular weight excluding hydrogens is 232 g/mol. The molecule has 106 valence electrons. The van der Waals surface area contributed by atoms with Crippen molar-refractivity contribution >= 4 is 12.0 Å². The van der Waals surface area contributed by atoms with Crippen molar-refractivity contribution < 1.29 is 14.7 Å². The van der Waals surface area contributed by atoms with Crippen LogP contribution in [0.2, 0.25) is 0 Å². The van der Waals surface area contributed by atoms with Crippen molar-refractivity contribution in [1.29, 1.82) is 0 Å². The van der Waals surface area contributed by atoms with E-state index in [-0.39, 0.29) is 19.0 Å². The Morgan fingerprint density at radius 1 is 1.33 bits per heavy atom. The molecule has 0 aliphatic carbocycles. The third-order valence-electron chi connectivity index (χ3n) is 3.09. The molecule has 0 aliphatic heterocycles. The van der Waals surface area contributed by atoms with Crippen LogP contribution < -0.4 is 5.32 Å². The number of aliphatic carboxylic acids is 1. The lowest BCUT2D eigenvalue weighted by Gasteiger charge is -2.20. The zero-order chi connectivity index (χ0) is 14.0. The van der Waals surface area contributed by atoms with Gasteiger partial charge in [-0.2, -0.15) is 0 Å². The highest BCUT2D eigenvalue weighted by Gasteiger charge is 2.12. The summed E-state index contributed by atoms with van der Waals surface area (Å²) in [6, 6.07) is -0.189. The predicted molar refractivity (Wildman–Crippen MR) is 71.6 cm³/mol. The summed E-state index contributed by atoms with van der Waals surface area (Å²) in [5, 5.41) is 11.4. The fourth-order valence-electron chi connectivity index (χ4n) is 1.67. The number of carboxylic acid groups (broad SMARTS) is 1. The van der Waals surface area contributed by atoms with Crippen LogP contribution in [0, 0.1) is 5.92 Å². The molecule has 0 radical (unpaired) electrons. The van der Waals surface area contributed by atoms with Crippen molar-refractivity contribution in [3.05, 3.63) is 0 Å². The average molecular weight is 258 g/mol. The van der Waals surface area contributed by atoms with Gasteiger partial charge in [0, 0.05) is 20.1 Å². The number of carboxylic acids is 1. The summed E-state index contributed by atoms with van der Waals surface area (Å²) in [5.74, 6) is -0.370. The van der Waals surface area contributed by atoms with E-state index in [1.165, 1.54) is 17.7 Å². The molecule has 0 saturated carbocycles. The Balaban J connectivity index is 3.88. The number of carbonyl (C=O) groups is 2. The van der Waals surface area contributed by atoms with Crippen molar-refractivity contribution in [2.45, 2.75) is 46.0 Å². The van der Waals surface area contributed by atoms with Gasteiger partial charge >= 0.3 is 12.0 Å². The van der Waals surface area contributed by atoms with Crippen LogP contribution in [0.3, 0.4) is 0 Å². The van der Waals surface area contributed by atoms with E-state index < -0.39 is 5.97 Å². The smallest absolute Gasteiger partial charge is 0.317 e. The number of rotatable bonds is 9. The molecule has 0 spiro atoms. The summed E-state index contributed by atoms with van der Waals surface area (Å²) >= 11 is 0. The Morgan fingerprint density at radius 3 is 2.50 bits per heavy atom. The topological polar surface area (TPSA) is 69.6 Å². The molecule has 1 atom stereocenters. The lowest BCUT2D eigenvalue weighted by atomic mass is 9.99. The first-order chi connectivity index (χ1) is 8.51. The van der Waals surface area contributed by atoms with Crippen molar-refractivity contribution in [2.24, 2.45) is 5.92 Å². The van der Waals surface area contributed by atoms with E-state index in [0.717, 1.165) is 12.8 Å². The molecule has 0 rings (SSSR count). The minimum atomic E-state index is -0.885. The largest absolute Gasteiger partial charge is 0.481 e. The molecule has 1 unspecified atom stereocenters. The maximum absolute atomic E-state index is 11.7. The first kappa shape index (κ1) is 16.7. The monoisotopic (exact) mass is 258 g/mol. The summed E-state index contributed by atoms with van der Waals surface area (Å²) < 4.78 is 0. The number of unbranched alkanes of at least 4 members (excludes halogenated alkanes) is 1. The van der Waals surface area contributed by atoms with Gasteiger partial charge in [-0.15, -0.1) is 0 Å². The first-order valence-electron chi connectivity index (χ1n) is 6.71. The summed E-state index contributed by atoms with van der Waals surface area (Å²) in [4.78, 5) is 23.5. The number of urea groups is 1. The van der Waals surface area contributed by atoms with Crippen LogP contribution in [0.15, 0.2) is 0 Å². The molecular formula is C13H26N2O3. The number of amides is 2. The zero-order valence-corrected chi connectivity index (χ0v) is 11.7. The molecule has 0 heterocycles. The molecule has 0 bridgehead atoms. The van der Waals surface area contributed by atoms with E-state index in [4.69, 9.17) is 5.11 Å². The average Bonchev–Trinajstić information content (AvgIpc) is 2.35. The van der Waals surface area contributed by atoms with Crippen molar-refractivity contribution in [3.63, 3.8) is 0 Å². The Morgan fingerprint density at radius 2 is 2.00 bits per heavy atom. The SMILES string of the molecule is CCCCC(CC)CNC(=O)N(C)CCC(=O)O. The predicted octanol–water partition coefficient (Wildman–Crippen LogP) is 2.32. The number of hydrogen-bond acceptors (Lipinski definition) is 2. The van der Waals surface area contributed by atoms with Crippen LogP contribution >= 0.6 is 0 Å². The molecule has 0 saturated heterocycles. The Labute approximate surface area is 110 Å². The molecule has 0 aromatic rings. The van der Waals surface area contributed by atoms with Gasteiger partial charge in [0.15, 0.2) is 0 Å². The highest BCUT2D eigenvalue weighted by Crippen LogP contribution is 2.11. The highest BCUT2D eigenvalue weighted by molar-refractivity contribution is 5.74. The summed E-state index contributed by atoms with van der Waals surface area (Å²) in [6.07, 6.45) is 4.52. The molecule has 2 N–H and O–H groups in total. The van der Waals surface area contributed by atoms with Crippen LogP contribution in [-0.2, 0) is 4.79 Å². The van der Waals surface area contributed by atoms with Gasteiger partial charge in [-0.1, -0.05) is 33.1 Å². The van der Waals surface area contributed by atoms with E-state index in [1.807, 2.05) is 0 Å². The quantitative estimate of drug-likeness (QED) is 0.667. The molecule has 5 heteroatoms. The Hall–Kier alpha value is -1.26. The normalized spacial score (nSPS) is 11.9. The maximum Gasteiger partial charge on any atom is 0.317 e. The standard InChI is InChI=1S/C13H26N2O3/c1-4-6-7-11(5-2)10-14-13(18)15(3)9-8-12(16)17/h11H,4-10H2,1-3H3,(H,14,18)(H,16,17). The first-order valence-corrected chi connectivity index (χ1v) is 6.71. The van der Waals surface area contributed by atoms with Gasteiger partial charge in [0.25, 0.3) is 0 Å². The summed E-state index contributed by atoms with van der Waals surface area (Å²) in [6.45, 7) is 5.20.